The molecule has 9 aromatic rings. The Balaban J connectivity index is 1.15. The van der Waals surface area contributed by atoms with Gasteiger partial charge in [0.2, 0.25) is 0 Å². The molecule has 0 aliphatic heterocycles. The van der Waals surface area contributed by atoms with Crippen LogP contribution in [-0.2, 0) is 6.42 Å². The van der Waals surface area contributed by atoms with Crippen LogP contribution in [0.5, 0.6) is 0 Å². The van der Waals surface area contributed by atoms with Crippen LogP contribution in [0.2, 0.25) is 0 Å². The molecule has 0 fully saturated rings. The molecule has 10 rings (SSSR count). The maximum absolute atomic E-state index is 5.16. The van der Waals surface area contributed by atoms with Crippen molar-refractivity contribution >= 4 is 38.8 Å². The monoisotopic (exact) mass is 641 g/mol. The highest BCUT2D eigenvalue weighted by atomic mass is 15.0. The second-order valence-electron chi connectivity index (χ2n) is 12.8. The molecule has 0 saturated carbocycles. The van der Waals surface area contributed by atoms with E-state index in [0.29, 0.717) is 17.5 Å². The van der Waals surface area contributed by atoms with Crippen molar-refractivity contribution in [2.75, 3.05) is 0 Å². The average molecular weight is 642 g/mol. The summed E-state index contributed by atoms with van der Waals surface area (Å²) >= 11 is 0. The van der Waals surface area contributed by atoms with Gasteiger partial charge in [-0.2, -0.15) is 0 Å². The zero-order valence-electron chi connectivity index (χ0n) is 27.2. The third-order valence-corrected chi connectivity index (χ3v) is 9.83. The first kappa shape index (κ1) is 28.4. The number of aryl methyl sites for hydroxylation is 1. The number of hydrogen-bond donors (Lipinski definition) is 0. The number of aromatic nitrogens is 5. The van der Waals surface area contributed by atoms with Crippen molar-refractivity contribution in [2.24, 2.45) is 0 Å². The first-order valence-corrected chi connectivity index (χ1v) is 17.1. The highest BCUT2D eigenvalue weighted by molar-refractivity contribution is 6.09. The zero-order valence-corrected chi connectivity index (χ0v) is 27.2. The van der Waals surface area contributed by atoms with Gasteiger partial charge in [0.25, 0.3) is 0 Å². The summed E-state index contributed by atoms with van der Waals surface area (Å²) in [6.45, 7) is 0. The number of fused-ring (bicyclic) bond motifs is 6. The molecule has 5 heteroatoms. The molecule has 0 N–H and O–H groups in total. The van der Waals surface area contributed by atoms with E-state index < -0.39 is 0 Å². The minimum absolute atomic E-state index is 0.633. The van der Waals surface area contributed by atoms with Crippen molar-refractivity contribution in [2.45, 2.75) is 12.8 Å². The predicted molar refractivity (Wildman–Crippen MR) is 205 cm³/mol. The molecule has 3 heterocycles. The fourth-order valence-corrected chi connectivity index (χ4v) is 7.58. The van der Waals surface area contributed by atoms with Crippen molar-refractivity contribution in [3.05, 3.63) is 169 Å². The Kier molecular flexibility index (Phi) is 6.56. The van der Waals surface area contributed by atoms with Gasteiger partial charge in [0.1, 0.15) is 0 Å². The lowest BCUT2D eigenvalue weighted by Gasteiger charge is -2.14. The fraction of sp³-hybridized carbons (Fsp3) is 0.0444. The Morgan fingerprint density at radius 3 is 1.52 bits per heavy atom. The minimum atomic E-state index is 0.633. The van der Waals surface area contributed by atoms with E-state index in [4.69, 9.17) is 15.0 Å². The topological polar surface area (TPSA) is 48.5 Å². The summed E-state index contributed by atoms with van der Waals surface area (Å²) in [6, 6.07) is 53.2. The molecule has 0 bridgehead atoms. The summed E-state index contributed by atoms with van der Waals surface area (Å²) in [5.41, 5.74) is 11.2. The minimum Gasteiger partial charge on any atom is -0.310 e. The first-order valence-electron chi connectivity index (χ1n) is 17.1. The summed E-state index contributed by atoms with van der Waals surface area (Å²) in [6.07, 6.45) is 6.66. The van der Waals surface area contributed by atoms with Gasteiger partial charge in [-0.3, -0.25) is 0 Å². The SMILES string of the molecule is C1=Cc2c(c3ccccc3n2-c2cccc(-c3nc(-c4ccccc4)nc(-c4cccc(-n5c6ccccc6c6ccccc65)c4)n3)c2)CC1. The van der Waals surface area contributed by atoms with E-state index in [9.17, 15) is 0 Å². The molecule has 0 saturated heterocycles. The Labute approximate surface area is 289 Å². The molecule has 0 radical (unpaired) electrons. The van der Waals surface area contributed by atoms with E-state index in [1.807, 2.05) is 18.2 Å². The Bertz CT molecular complexity index is 2710. The first-order chi connectivity index (χ1) is 24.8. The highest BCUT2D eigenvalue weighted by Crippen LogP contribution is 2.36. The van der Waals surface area contributed by atoms with Crippen LogP contribution in [0.25, 0.3) is 84.3 Å². The predicted octanol–water partition coefficient (Wildman–Crippen LogP) is 10.9. The van der Waals surface area contributed by atoms with Crippen LogP contribution < -0.4 is 0 Å². The van der Waals surface area contributed by atoms with E-state index in [1.165, 1.54) is 44.0 Å². The molecular weight excluding hydrogens is 611 g/mol. The van der Waals surface area contributed by atoms with Crippen LogP contribution >= 0.6 is 0 Å². The summed E-state index contributed by atoms with van der Waals surface area (Å²) in [5, 5.41) is 3.78. The molecule has 0 atom stereocenters. The average Bonchev–Trinajstić information content (AvgIpc) is 3.71. The van der Waals surface area contributed by atoms with Gasteiger partial charge in [-0.15, -0.1) is 0 Å². The lowest BCUT2D eigenvalue weighted by atomic mass is 10.0. The van der Waals surface area contributed by atoms with Gasteiger partial charge < -0.3 is 9.13 Å². The quantitative estimate of drug-likeness (QED) is 0.188. The van der Waals surface area contributed by atoms with Crippen LogP contribution in [0.1, 0.15) is 17.7 Å². The maximum atomic E-state index is 5.16. The van der Waals surface area contributed by atoms with Crippen LogP contribution in [0.15, 0.2) is 158 Å². The van der Waals surface area contributed by atoms with Gasteiger partial charge in [0.15, 0.2) is 17.5 Å². The van der Waals surface area contributed by atoms with Gasteiger partial charge in [0.05, 0.1) is 16.6 Å². The molecule has 1 aliphatic carbocycles. The number of allylic oxidation sites excluding steroid dienone is 1. The lowest BCUT2D eigenvalue weighted by Crippen LogP contribution is -2.03. The molecule has 1 aliphatic rings. The van der Waals surface area contributed by atoms with Gasteiger partial charge in [-0.05, 0) is 66.9 Å². The van der Waals surface area contributed by atoms with E-state index in [1.54, 1.807) is 0 Å². The highest BCUT2D eigenvalue weighted by Gasteiger charge is 2.20. The third-order valence-electron chi connectivity index (χ3n) is 9.83. The summed E-state index contributed by atoms with van der Waals surface area (Å²) in [7, 11) is 0. The molecule has 0 amide bonds. The second kappa shape index (κ2) is 11.5. The number of rotatable bonds is 5. The summed E-state index contributed by atoms with van der Waals surface area (Å²) in [5.74, 6) is 1.91. The van der Waals surface area contributed by atoms with Crippen molar-refractivity contribution < 1.29 is 0 Å². The standard InChI is InChI=1S/C45H31N5/c1-2-14-30(15-3-1)43-46-44(31-16-12-18-33(28-31)49-39-24-8-4-20-35(39)36-21-5-9-25-40(36)49)48-45(47-43)32-17-13-19-34(29-32)50-41-26-10-6-22-37(41)38-23-7-11-27-42(38)50/h1-6,8-22,24-29H,7,23H2. The normalized spacial score (nSPS) is 12.6. The zero-order chi connectivity index (χ0) is 33.0. The van der Waals surface area contributed by atoms with Crippen molar-refractivity contribution in [1.29, 1.82) is 0 Å². The van der Waals surface area contributed by atoms with Crippen LogP contribution in [-0.4, -0.2) is 24.1 Å². The third kappa shape index (κ3) is 4.59. The fourth-order valence-electron chi connectivity index (χ4n) is 7.58. The molecule has 50 heavy (non-hydrogen) atoms. The molecular formula is C45H31N5. The van der Waals surface area contributed by atoms with E-state index in [-0.39, 0.29) is 0 Å². The number of hydrogen-bond acceptors (Lipinski definition) is 3. The largest absolute Gasteiger partial charge is 0.310 e. The molecule has 0 spiro atoms. The number of para-hydroxylation sites is 3. The molecule has 6 aromatic carbocycles. The molecule has 3 aromatic heterocycles. The lowest BCUT2D eigenvalue weighted by molar-refractivity contribution is 0.967. The summed E-state index contributed by atoms with van der Waals surface area (Å²) in [4.78, 5) is 15.3. The Morgan fingerprint density at radius 2 is 0.900 bits per heavy atom. The number of benzene rings is 6. The van der Waals surface area contributed by atoms with E-state index in [2.05, 4.69) is 155 Å². The van der Waals surface area contributed by atoms with Crippen molar-refractivity contribution in [3.8, 4) is 45.5 Å². The smallest absolute Gasteiger partial charge is 0.164 e. The molecule has 236 valence electrons. The van der Waals surface area contributed by atoms with Gasteiger partial charge in [-0.1, -0.05) is 115 Å². The molecule has 0 unspecified atom stereocenters. The van der Waals surface area contributed by atoms with Crippen molar-refractivity contribution in [1.82, 2.24) is 24.1 Å². The van der Waals surface area contributed by atoms with Crippen molar-refractivity contribution in [3.63, 3.8) is 0 Å². The van der Waals surface area contributed by atoms with Gasteiger partial charge in [-0.25, -0.2) is 15.0 Å². The maximum Gasteiger partial charge on any atom is 0.164 e. The van der Waals surface area contributed by atoms with E-state index in [0.717, 1.165) is 40.9 Å². The Hall–Kier alpha value is -6.59. The number of nitrogens with zero attached hydrogens (tertiary/aromatic N) is 5. The second-order valence-corrected chi connectivity index (χ2v) is 12.8. The van der Waals surface area contributed by atoms with Gasteiger partial charge >= 0.3 is 0 Å². The summed E-state index contributed by atoms with van der Waals surface area (Å²) < 4.78 is 4.70. The molecule has 5 nitrogen and oxygen atoms in total. The van der Waals surface area contributed by atoms with Crippen LogP contribution in [0.4, 0.5) is 0 Å². The Morgan fingerprint density at radius 1 is 0.420 bits per heavy atom. The van der Waals surface area contributed by atoms with Crippen LogP contribution in [0.3, 0.4) is 0 Å². The van der Waals surface area contributed by atoms with Crippen LogP contribution in [0, 0.1) is 0 Å². The van der Waals surface area contributed by atoms with E-state index >= 15 is 0 Å². The van der Waals surface area contributed by atoms with Gasteiger partial charge in [0, 0.05) is 49.9 Å².